The minimum Gasteiger partial charge on any atom is -0.368 e. The van der Waals surface area contributed by atoms with Crippen LogP contribution < -0.4 is 5.73 Å². The molecule has 1 unspecified atom stereocenters. The van der Waals surface area contributed by atoms with Crippen LogP contribution in [-0.2, 0) is 0 Å². The van der Waals surface area contributed by atoms with Crippen molar-refractivity contribution >= 4 is 39.4 Å². The molecule has 3 rings (SSSR count). The third-order valence-electron chi connectivity index (χ3n) is 3.19. The van der Waals surface area contributed by atoms with Crippen LogP contribution in [0.4, 0.5) is 10.3 Å². The second kappa shape index (κ2) is 5.57. The van der Waals surface area contributed by atoms with Gasteiger partial charge in [0.2, 0.25) is 5.95 Å². The average Bonchev–Trinajstić information content (AvgIpc) is 2.90. The number of fused-ring (bicyclic) bond motifs is 1. The van der Waals surface area contributed by atoms with E-state index in [9.17, 15) is 4.39 Å². The lowest BCUT2D eigenvalue weighted by atomic mass is 10.0. The molecule has 0 aliphatic rings. The number of anilines is 1. The second-order valence-electron chi connectivity index (χ2n) is 4.57. The first-order valence-electron chi connectivity index (χ1n) is 6.32. The van der Waals surface area contributed by atoms with Crippen LogP contribution in [0.15, 0.2) is 29.3 Å². The van der Waals surface area contributed by atoms with Gasteiger partial charge in [0.05, 0.1) is 0 Å². The van der Waals surface area contributed by atoms with Gasteiger partial charge in [-0.25, -0.2) is 19.3 Å². The summed E-state index contributed by atoms with van der Waals surface area (Å²) in [5.74, 6) is 0.0933. The number of thioether (sulfide) groups is 1. The van der Waals surface area contributed by atoms with Crippen molar-refractivity contribution < 1.29 is 4.39 Å². The van der Waals surface area contributed by atoms with Gasteiger partial charge in [-0.15, -0.1) is 11.8 Å². The van der Waals surface area contributed by atoms with Crippen LogP contribution in [0.2, 0.25) is 0 Å². The molecule has 21 heavy (non-hydrogen) atoms. The summed E-state index contributed by atoms with van der Waals surface area (Å²) >= 11 is 3.00. The van der Waals surface area contributed by atoms with E-state index in [2.05, 4.69) is 15.0 Å². The lowest BCUT2D eigenvalue weighted by Gasteiger charge is -2.07. The Hall–Kier alpha value is -1.73. The first-order chi connectivity index (χ1) is 10.1. The zero-order valence-corrected chi connectivity index (χ0v) is 13.1. The largest absolute Gasteiger partial charge is 0.368 e. The Labute approximate surface area is 129 Å². The van der Waals surface area contributed by atoms with Crippen LogP contribution in [0.3, 0.4) is 0 Å². The van der Waals surface area contributed by atoms with Gasteiger partial charge in [0.15, 0.2) is 0 Å². The molecule has 0 aliphatic heterocycles. The van der Waals surface area contributed by atoms with Crippen molar-refractivity contribution in [2.24, 2.45) is 0 Å². The van der Waals surface area contributed by atoms with Crippen LogP contribution in [0.1, 0.15) is 23.4 Å². The number of rotatable bonds is 3. The number of nitrogens with two attached hydrogens (primary N) is 1. The number of hydrogen-bond acceptors (Lipinski definition) is 6. The monoisotopic (exact) mass is 320 g/mol. The van der Waals surface area contributed by atoms with Gasteiger partial charge in [-0.05, 0) is 24.0 Å². The minimum atomic E-state index is -0.237. The molecule has 7 heteroatoms. The van der Waals surface area contributed by atoms with Crippen LogP contribution in [0.5, 0.6) is 0 Å². The lowest BCUT2D eigenvalue weighted by molar-refractivity contribution is 0.626. The zero-order chi connectivity index (χ0) is 15.0. The number of nitrogen functional groups attached to an aromatic ring is 1. The van der Waals surface area contributed by atoms with Gasteiger partial charge in [-0.2, -0.15) is 0 Å². The Morgan fingerprint density at radius 1 is 1.19 bits per heavy atom. The molecule has 2 heterocycles. The van der Waals surface area contributed by atoms with Crippen molar-refractivity contribution in [2.45, 2.75) is 17.9 Å². The molecule has 0 radical (unpaired) electrons. The zero-order valence-electron chi connectivity index (χ0n) is 11.5. The highest BCUT2D eigenvalue weighted by Gasteiger charge is 2.17. The number of nitrogens with zero attached hydrogens (tertiary/aromatic N) is 3. The van der Waals surface area contributed by atoms with Crippen LogP contribution in [0, 0.1) is 5.82 Å². The van der Waals surface area contributed by atoms with Crippen molar-refractivity contribution in [3.63, 3.8) is 0 Å². The van der Waals surface area contributed by atoms with Crippen molar-refractivity contribution in [3.8, 4) is 0 Å². The SMILES string of the molecule is CSc1nc(N)nc2sc(C(C)c3ccc(F)cc3)nc12. The van der Waals surface area contributed by atoms with Gasteiger partial charge in [-0.3, -0.25) is 0 Å². The molecule has 0 amide bonds. The molecule has 1 atom stereocenters. The van der Waals surface area contributed by atoms with E-state index in [1.54, 1.807) is 12.1 Å². The molecule has 4 nitrogen and oxygen atoms in total. The molecule has 0 saturated heterocycles. The molecule has 0 bridgehead atoms. The standard InChI is InChI=1S/C14H13FN4S2/c1-7(8-3-5-9(15)6-4-8)11-17-10-12(20-2)18-14(16)19-13(10)21-11/h3-7H,1-2H3,(H2,16,18,19). The lowest BCUT2D eigenvalue weighted by Crippen LogP contribution is -1.96. The van der Waals surface area contributed by atoms with E-state index < -0.39 is 0 Å². The van der Waals surface area contributed by atoms with Crippen LogP contribution in [0.25, 0.3) is 10.3 Å². The predicted octanol–water partition coefficient (Wildman–Crippen LogP) is 3.68. The van der Waals surface area contributed by atoms with Gasteiger partial charge in [0.25, 0.3) is 0 Å². The van der Waals surface area contributed by atoms with Gasteiger partial charge in [-0.1, -0.05) is 30.4 Å². The summed E-state index contributed by atoms with van der Waals surface area (Å²) < 4.78 is 13.0. The topological polar surface area (TPSA) is 64.7 Å². The maximum Gasteiger partial charge on any atom is 0.222 e. The van der Waals surface area contributed by atoms with E-state index in [-0.39, 0.29) is 17.7 Å². The molecular formula is C14H13FN4S2. The summed E-state index contributed by atoms with van der Waals surface area (Å²) in [5.41, 5.74) is 7.51. The molecule has 0 fully saturated rings. The first-order valence-corrected chi connectivity index (χ1v) is 8.36. The molecule has 1 aromatic carbocycles. The van der Waals surface area contributed by atoms with Crippen molar-refractivity contribution in [1.29, 1.82) is 0 Å². The fraction of sp³-hybridized carbons (Fsp3) is 0.214. The van der Waals surface area contributed by atoms with Crippen LogP contribution >= 0.6 is 23.1 Å². The summed E-state index contributed by atoms with van der Waals surface area (Å²) in [6, 6.07) is 6.48. The highest BCUT2D eigenvalue weighted by molar-refractivity contribution is 7.98. The number of hydrogen-bond donors (Lipinski definition) is 1. The smallest absolute Gasteiger partial charge is 0.222 e. The normalized spacial score (nSPS) is 12.7. The van der Waals surface area contributed by atoms with E-state index in [1.807, 2.05) is 13.2 Å². The van der Waals surface area contributed by atoms with Crippen molar-refractivity contribution in [3.05, 3.63) is 40.7 Å². The fourth-order valence-electron chi connectivity index (χ4n) is 2.05. The summed E-state index contributed by atoms with van der Waals surface area (Å²) in [6.07, 6.45) is 1.93. The quantitative estimate of drug-likeness (QED) is 0.589. The molecule has 0 aliphatic carbocycles. The average molecular weight is 320 g/mol. The van der Waals surface area contributed by atoms with E-state index in [0.717, 1.165) is 25.9 Å². The second-order valence-corrected chi connectivity index (χ2v) is 6.37. The summed E-state index contributed by atoms with van der Waals surface area (Å²) in [5, 5.41) is 1.71. The highest BCUT2D eigenvalue weighted by atomic mass is 32.2. The highest BCUT2D eigenvalue weighted by Crippen LogP contribution is 2.33. The minimum absolute atomic E-state index is 0.0701. The predicted molar refractivity (Wildman–Crippen MR) is 85.3 cm³/mol. The molecule has 0 spiro atoms. The first kappa shape index (κ1) is 14.2. The third kappa shape index (κ3) is 2.71. The van der Waals surface area contributed by atoms with Crippen molar-refractivity contribution in [1.82, 2.24) is 15.0 Å². The van der Waals surface area contributed by atoms with Gasteiger partial charge in [0, 0.05) is 5.92 Å². The molecule has 2 N–H and O–H groups in total. The molecule has 2 aromatic heterocycles. The maximum absolute atomic E-state index is 13.0. The van der Waals surface area contributed by atoms with Gasteiger partial charge >= 0.3 is 0 Å². The molecular weight excluding hydrogens is 307 g/mol. The number of aromatic nitrogens is 3. The van der Waals surface area contributed by atoms with E-state index in [4.69, 9.17) is 5.73 Å². The van der Waals surface area contributed by atoms with E-state index in [1.165, 1.54) is 35.2 Å². The Morgan fingerprint density at radius 3 is 2.57 bits per heavy atom. The number of benzene rings is 1. The van der Waals surface area contributed by atoms with Gasteiger partial charge in [0.1, 0.15) is 26.2 Å². The van der Waals surface area contributed by atoms with E-state index in [0.29, 0.717) is 0 Å². The number of halogens is 1. The fourth-order valence-corrected chi connectivity index (χ4v) is 3.66. The molecule has 3 aromatic rings. The van der Waals surface area contributed by atoms with Gasteiger partial charge < -0.3 is 5.73 Å². The molecule has 108 valence electrons. The number of thiazole rings is 1. The summed E-state index contributed by atoms with van der Waals surface area (Å²) in [4.78, 5) is 13.9. The van der Waals surface area contributed by atoms with E-state index >= 15 is 0 Å². The Bertz CT molecular complexity index is 786. The van der Waals surface area contributed by atoms with Crippen molar-refractivity contribution in [2.75, 3.05) is 12.0 Å². The van der Waals surface area contributed by atoms with Crippen LogP contribution in [-0.4, -0.2) is 21.2 Å². The Kier molecular flexibility index (Phi) is 3.77. The summed E-state index contributed by atoms with van der Waals surface area (Å²) in [6.45, 7) is 2.04. The maximum atomic E-state index is 13.0. The Morgan fingerprint density at radius 2 is 1.90 bits per heavy atom. The molecule has 0 saturated carbocycles. The summed E-state index contributed by atoms with van der Waals surface area (Å²) in [7, 11) is 0. The Balaban J connectivity index is 2.06. The third-order valence-corrected chi connectivity index (χ3v) is 5.00.